The zero-order valence-electron chi connectivity index (χ0n) is 17.3. The molecule has 0 amide bonds. The van der Waals surface area contributed by atoms with E-state index in [0.717, 1.165) is 58.3 Å². The number of methoxy groups -OCH3 is 1. The van der Waals surface area contributed by atoms with Gasteiger partial charge in [-0.25, -0.2) is 13.1 Å². The molecule has 0 aromatic heterocycles. The summed E-state index contributed by atoms with van der Waals surface area (Å²) in [5, 5.41) is 6.55. The Bertz CT molecular complexity index is 549. The second-order valence-corrected chi connectivity index (χ2v) is 9.50. The van der Waals surface area contributed by atoms with Crippen LogP contribution in [0.1, 0.15) is 38.5 Å². The number of rotatable bonds is 11. The molecule has 1 saturated heterocycles. The average Bonchev–Trinajstić information content (AvgIpc) is 2.61. The third kappa shape index (κ3) is 10.0. The number of guanidine groups is 1. The standard InChI is InChI=1S/C18H37N5O3S.HI/c1-19-18(20-9-14-27(24,25)21-15-16-5-3-6-16)22-17-7-11-23(12-8-17)10-4-13-26-2;/h16-17,21H,3-15H2,1-2H3,(H2,19,20,22);1H. The fourth-order valence-corrected chi connectivity index (χ4v) is 4.44. The van der Waals surface area contributed by atoms with Gasteiger partial charge in [-0.3, -0.25) is 4.99 Å². The van der Waals surface area contributed by atoms with Gasteiger partial charge in [0.15, 0.2) is 5.96 Å². The molecule has 1 saturated carbocycles. The van der Waals surface area contributed by atoms with E-state index in [-0.39, 0.29) is 29.7 Å². The number of aliphatic imine (C=N–C) groups is 1. The van der Waals surface area contributed by atoms with Crippen molar-refractivity contribution in [2.24, 2.45) is 10.9 Å². The number of sulfonamides is 1. The summed E-state index contributed by atoms with van der Waals surface area (Å²) in [5.41, 5.74) is 0. The average molecular weight is 532 g/mol. The third-order valence-electron chi connectivity index (χ3n) is 5.45. The first-order valence-corrected chi connectivity index (χ1v) is 11.8. The van der Waals surface area contributed by atoms with E-state index in [2.05, 4.69) is 25.2 Å². The topological polar surface area (TPSA) is 95.1 Å². The molecule has 0 spiro atoms. The molecule has 2 rings (SSSR count). The van der Waals surface area contributed by atoms with E-state index in [4.69, 9.17) is 4.74 Å². The molecular formula is C18H38IN5O3S. The third-order valence-corrected chi connectivity index (χ3v) is 6.80. The van der Waals surface area contributed by atoms with Crippen molar-refractivity contribution in [3.63, 3.8) is 0 Å². The van der Waals surface area contributed by atoms with Crippen LogP contribution in [0.5, 0.6) is 0 Å². The van der Waals surface area contributed by atoms with Gasteiger partial charge in [0, 0.05) is 59.5 Å². The van der Waals surface area contributed by atoms with Gasteiger partial charge >= 0.3 is 0 Å². The zero-order chi connectivity index (χ0) is 19.5. The molecule has 1 aliphatic carbocycles. The van der Waals surface area contributed by atoms with Crippen LogP contribution < -0.4 is 15.4 Å². The molecule has 3 N–H and O–H groups in total. The first-order valence-electron chi connectivity index (χ1n) is 10.2. The number of nitrogens with one attached hydrogen (secondary N) is 3. The highest BCUT2D eigenvalue weighted by molar-refractivity contribution is 14.0. The van der Waals surface area contributed by atoms with Crippen LogP contribution in [-0.4, -0.2) is 84.6 Å². The maximum atomic E-state index is 12.1. The molecule has 0 atom stereocenters. The van der Waals surface area contributed by atoms with Crippen molar-refractivity contribution < 1.29 is 13.2 Å². The van der Waals surface area contributed by atoms with Gasteiger partial charge in [-0.2, -0.15) is 0 Å². The summed E-state index contributed by atoms with van der Waals surface area (Å²) in [6, 6.07) is 0.378. The van der Waals surface area contributed by atoms with Crippen LogP contribution in [0.3, 0.4) is 0 Å². The Morgan fingerprint density at radius 1 is 1.21 bits per heavy atom. The highest BCUT2D eigenvalue weighted by Gasteiger charge is 2.21. The van der Waals surface area contributed by atoms with Crippen LogP contribution in [0, 0.1) is 5.92 Å². The molecule has 0 aromatic rings. The van der Waals surface area contributed by atoms with Gasteiger partial charge in [-0.05, 0) is 38.0 Å². The summed E-state index contributed by atoms with van der Waals surface area (Å²) < 4.78 is 31.9. The number of halogens is 1. The highest BCUT2D eigenvalue weighted by Crippen LogP contribution is 2.25. The van der Waals surface area contributed by atoms with Gasteiger partial charge in [0.2, 0.25) is 10.0 Å². The Labute approximate surface area is 187 Å². The lowest BCUT2D eigenvalue weighted by Crippen LogP contribution is -2.49. The Kier molecular flexibility index (Phi) is 12.9. The maximum absolute atomic E-state index is 12.1. The first kappa shape index (κ1) is 25.9. The van der Waals surface area contributed by atoms with Gasteiger partial charge in [0.25, 0.3) is 0 Å². The maximum Gasteiger partial charge on any atom is 0.213 e. The molecule has 1 heterocycles. The van der Waals surface area contributed by atoms with Crippen LogP contribution >= 0.6 is 24.0 Å². The van der Waals surface area contributed by atoms with Crippen molar-refractivity contribution in [2.75, 3.05) is 59.2 Å². The molecule has 0 radical (unpaired) electrons. The minimum atomic E-state index is -3.22. The van der Waals surface area contributed by atoms with Crippen LogP contribution in [0.15, 0.2) is 4.99 Å². The van der Waals surface area contributed by atoms with Gasteiger partial charge in [0.05, 0.1) is 5.75 Å². The predicted octanol–water partition coefficient (Wildman–Crippen LogP) is 0.990. The predicted molar refractivity (Wildman–Crippen MR) is 125 cm³/mol. The molecule has 0 bridgehead atoms. The number of piperidine rings is 1. The Morgan fingerprint density at radius 3 is 2.50 bits per heavy atom. The van der Waals surface area contributed by atoms with E-state index < -0.39 is 10.0 Å². The fourth-order valence-electron chi connectivity index (χ4n) is 3.44. The smallest absolute Gasteiger partial charge is 0.213 e. The molecule has 2 fully saturated rings. The van der Waals surface area contributed by atoms with Gasteiger partial charge < -0.3 is 20.3 Å². The molecule has 0 unspecified atom stereocenters. The summed E-state index contributed by atoms with van der Waals surface area (Å²) in [4.78, 5) is 6.69. The molecule has 10 heteroatoms. The number of nitrogens with zero attached hydrogens (tertiary/aromatic N) is 2. The fraction of sp³-hybridized carbons (Fsp3) is 0.944. The first-order chi connectivity index (χ1) is 13.0. The van der Waals surface area contributed by atoms with E-state index in [1.165, 1.54) is 6.42 Å². The molecule has 28 heavy (non-hydrogen) atoms. The molecule has 166 valence electrons. The largest absolute Gasteiger partial charge is 0.385 e. The van der Waals surface area contributed by atoms with Crippen LogP contribution in [0.2, 0.25) is 0 Å². The van der Waals surface area contributed by atoms with Crippen LogP contribution in [0.25, 0.3) is 0 Å². The molecular weight excluding hydrogens is 493 g/mol. The number of likely N-dealkylation sites (tertiary alicyclic amines) is 1. The monoisotopic (exact) mass is 531 g/mol. The summed E-state index contributed by atoms with van der Waals surface area (Å²) in [6.07, 6.45) is 6.71. The molecule has 1 aliphatic heterocycles. The summed E-state index contributed by atoms with van der Waals surface area (Å²) in [7, 11) is 0.241. The number of hydrogen-bond acceptors (Lipinski definition) is 5. The lowest BCUT2D eigenvalue weighted by molar-refractivity contribution is 0.155. The molecule has 2 aliphatic rings. The van der Waals surface area contributed by atoms with Gasteiger partial charge in [-0.1, -0.05) is 6.42 Å². The van der Waals surface area contributed by atoms with Crippen molar-refractivity contribution in [3.8, 4) is 0 Å². The van der Waals surface area contributed by atoms with E-state index in [0.29, 0.717) is 31.0 Å². The quantitative estimate of drug-likeness (QED) is 0.159. The van der Waals surface area contributed by atoms with E-state index in [1.807, 2.05) is 0 Å². The lowest BCUT2D eigenvalue weighted by Gasteiger charge is -2.33. The van der Waals surface area contributed by atoms with E-state index >= 15 is 0 Å². The van der Waals surface area contributed by atoms with E-state index in [9.17, 15) is 8.42 Å². The zero-order valence-corrected chi connectivity index (χ0v) is 20.4. The Balaban J connectivity index is 0.00000392. The van der Waals surface area contributed by atoms with E-state index in [1.54, 1.807) is 14.2 Å². The lowest BCUT2D eigenvalue weighted by atomic mass is 9.86. The Hall–Kier alpha value is -0.170. The number of ether oxygens (including phenoxy) is 1. The van der Waals surface area contributed by atoms with Crippen molar-refractivity contribution in [1.82, 2.24) is 20.3 Å². The number of hydrogen-bond donors (Lipinski definition) is 3. The second kappa shape index (κ2) is 13.9. The van der Waals surface area contributed by atoms with Crippen LogP contribution in [0.4, 0.5) is 0 Å². The summed E-state index contributed by atoms with van der Waals surface area (Å²) >= 11 is 0. The normalized spacial score (nSPS) is 19.7. The highest BCUT2D eigenvalue weighted by atomic mass is 127. The van der Waals surface area contributed by atoms with Gasteiger partial charge in [-0.15, -0.1) is 24.0 Å². The molecule has 0 aromatic carbocycles. The van der Waals surface area contributed by atoms with Crippen molar-refractivity contribution in [1.29, 1.82) is 0 Å². The van der Waals surface area contributed by atoms with Crippen molar-refractivity contribution in [3.05, 3.63) is 0 Å². The minimum Gasteiger partial charge on any atom is -0.385 e. The summed E-state index contributed by atoms with van der Waals surface area (Å²) in [5.74, 6) is 1.28. The SMILES string of the molecule is CN=C(NCCS(=O)(=O)NCC1CCC1)NC1CCN(CCCOC)CC1.I. The van der Waals surface area contributed by atoms with Gasteiger partial charge in [0.1, 0.15) is 0 Å². The Morgan fingerprint density at radius 2 is 1.93 bits per heavy atom. The molecule has 8 nitrogen and oxygen atoms in total. The van der Waals surface area contributed by atoms with Crippen molar-refractivity contribution in [2.45, 2.75) is 44.6 Å². The van der Waals surface area contributed by atoms with Crippen LogP contribution in [-0.2, 0) is 14.8 Å². The van der Waals surface area contributed by atoms with Crippen molar-refractivity contribution >= 4 is 40.0 Å². The summed E-state index contributed by atoms with van der Waals surface area (Å²) in [6.45, 7) is 4.97. The minimum absolute atomic E-state index is 0. The second-order valence-electron chi connectivity index (χ2n) is 7.57.